The summed E-state index contributed by atoms with van der Waals surface area (Å²) in [6.07, 6.45) is 3.57. The number of pyridine rings is 1. The summed E-state index contributed by atoms with van der Waals surface area (Å²) in [5, 5.41) is 0. The second kappa shape index (κ2) is 6.70. The van der Waals surface area contributed by atoms with Crippen LogP contribution in [0.2, 0.25) is 0 Å². The molecule has 2 aliphatic heterocycles. The van der Waals surface area contributed by atoms with Crippen molar-refractivity contribution in [2.45, 2.75) is 32.7 Å². The molecular weight excluding hydrogens is 340 g/mol. The van der Waals surface area contributed by atoms with Gasteiger partial charge in [-0.25, -0.2) is 9.97 Å². The number of fused-ring (bicyclic) bond motifs is 2. The molecule has 1 atom stereocenters. The molecule has 0 bridgehead atoms. The third kappa shape index (κ3) is 3.17. The van der Waals surface area contributed by atoms with Crippen molar-refractivity contribution in [2.24, 2.45) is 0 Å². The van der Waals surface area contributed by atoms with Gasteiger partial charge >= 0.3 is 0 Å². The number of benzene rings is 1. The SMILES string of the molecule is Cc1cnc2n1CCN(Cc1ccc(C3COc4cccnc4O3)cc1)C2. The largest absolute Gasteiger partial charge is 0.484 e. The zero-order valence-corrected chi connectivity index (χ0v) is 15.3. The van der Waals surface area contributed by atoms with Crippen LogP contribution in [0, 0.1) is 6.92 Å². The van der Waals surface area contributed by atoms with Crippen LogP contribution in [0.3, 0.4) is 0 Å². The molecule has 0 amide bonds. The van der Waals surface area contributed by atoms with E-state index in [9.17, 15) is 0 Å². The van der Waals surface area contributed by atoms with Crippen molar-refractivity contribution in [2.75, 3.05) is 13.2 Å². The summed E-state index contributed by atoms with van der Waals surface area (Å²) < 4.78 is 14.1. The molecule has 1 unspecified atom stereocenters. The van der Waals surface area contributed by atoms with E-state index in [2.05, 4.69) is 50.6 Å². The first-order valence-electron chi connectivity index (χ1n) is 9.33. The van der Waals surface area contributed by atoms with E-state index >= 15 is 0 Å². The fourth-order valence-electron chi connectivity index (χ4n) is 3.77. The zero-order valence-electron chi connectivity index (χ0n) is 15.3. The van der Waals surface area contributed by atoms with Crippen molar-refractivity contribution in [3.05, 3.63) is 71.4 Å². The number of aryl methyl sites for hydroxylation is 1. The zero-order chi connectivity index (χ0) is 18.2. The van der Waals surface area contributed by atoms with E-state index in [4.69, 9.17) is 9.47 Å². The van der Waals surface area contributed by atoms with Crippen LogP contribution in [-0.4, -0.2) is 32.6 Å². The van der Waals surface area contributed by atoms with Gasteiger partial charge in [-0.3, -0.25) is 4.90 Å². The first-order valence-corrected chi connectivity index (χ1v) is 9.33. The molecule has 2 aliphatic rings. The topological polar surface area (TPSA) is 52.4 Å². The molecule has 0 aliphatic carbocycles. The highest BCUT2D eigenvalue weighted by atomic mass is 16.6. The highest BCUT2D eigenvalue weighted by Crippen LogP contribution is 2.34. The summed E-state index contributed by atoms with van der Waals surface area (Å²) >= 11 is 0. The lowest BCUT2D eigenvalue weighted by molar-refractivity contribution is 0.0850. The van der Waals surface area contributed by atoms with Crippen molar-refractivity contribution in [1.29, 1.82) is 0 Å². The van der Waals surface area contributed by atoms with Crippen LogP contribution in [0.1, 0.15) is 28.7 Å². The summed E-state index contributed by atoms with van der Waals surface area (Å²) in [7, 11) is 0. The Balaban J connectivity index is 1.25. The lowest BCUT2D eigenvalue weighted by Gasteiger charge is -2.28. The van der Waals surface area contributed by atoms with E-state index in [0.29, 0.717) is 18.2 Å². The van der Waals surface area contributed by atoms with E-state index in [1.54, 1.807) is 6.20 Å². The Labute approximate surface area is 158 Å². The Morgan fingerprint density at radius 1 is 1.11 bits per heavy atom. The Morgan fingerprint density at radius 3 is 2.89 bits per heavy atom. The maximum atomic E-state index is 5.99. The summed E-state index contributed by atoms with van der Waals surface area (Å²) in [6, 6.07) is 12.4. The van der Waals surface area contributed by atoms with Crippen LogP contribution in [0.5, 0.6) is 11.6 Å². The number of imidazole rings is 1. The molecule has 2 aromatic heterocycles. The van der Waals surface area contributed by atoms with Gasteiger partial charge in [0.05, 0.1) is 6.54 Å². The first-order chi connectivity index (χ1) is 13.3. The second-order valence-corrected chi connectivity index (χ2v) is 7.14. The molecule has 27 heavy (non-hydrogen) atoms. The standard InChI is InChI=1S/C21H22N4O2/c1-15-11-23-20-13-24(9-10-25(15)20)12-16-4-6-17(7-5-16)19-14-26-18-3-2-8-22-21(18)27-19/h2-8,11,19H,9-10,12-14H2,1H3. The molecule has 0 spiro atoms. The molecule has 138 valence electrons. The van der Waals surface area contributed by atoms with Crippen LogP contribution in [0.25, 0.3) is 0 Å². The van der Waals surface area contributed by atoms with Gasteiger partial charge in [-0.15, -0.1) is 0 Å². The fourth-order valence-corrected chi connectivity index (χ4v) is 3.77. The third-order valence-electron chi connectivity index (χ3n) is 5.28. The van der Waals surface area contributed by atoms with E-state index < -0.39 is 0 Å². The van der Waals surface area contributed by atoms with Crippen molar-refractivity contribution in [1.82, 2.24) is 19.4 Å². The third-order valence-corrected chi connectivity index (χ3v) is 5.28. The van der Waals surface area contributed by atoms with Gasteiger partial charge in [0.2, 0.25) is 0 Å². The smallest absolute Gasteiger partial charge is 0.257 e. The van der Waals surface area contributed by atoms with Crippen molar-refractivity contribution >= 4 is 0 Å². The number of aromatic nitrogens is 3. The summed E-state index contributed by atoms with van der Waals surface area (Å²) in [6.45, 7) is 6.52. The monoisotopic (exact) mass is 362 g/mol. The van der Waals surface area contributed by atoms with Crippen molar-refractivity contribution < 1.29 is 9.47 Å². The van der Waals surface area contributed by atoms with Crippen molar-refractivity contribution in [3.8, 4) is 11.6 Å². The molecule has 0 saturated carbocycles. The van der Waals surface area contributed by atoms with Gasteiger partial charge < -0.3 is 14.0 Å². The maximum absolute atomic E-state index is 5.99. The molecule has 6 heteroatoms. The molecule has 0 saturated heterocycles. The van der Waals surface area contributed by atoms with Crippen LogP contribution in [-0.2, 0) is 19.6 Å². The summed E-state index contributed by atoms with van der Waals surface area (Å²) in [5.41, 5.74) is 3.66. The average molecular weight is 362 g/mol. The lowest BCUT2D eigenvalue weighted by Crippen LogP contribution is -2.33. The van der Waals surface area contributed by atoms with Gasteiger partial charge in [-0.2, -0.15) is 0 Å². The van der Waals surface area contributed by atoms with E-state index in [1.165, 1.54) is 11.3 Å². The molecule has 5 rings (SSSR count). The number of nitrogens with zero attached hydrogens (tertiary/aromatic N) is 4. The van der Waals surface area contributed by atoms with Gasteiger partial charge in [0.1, 0.15) is 12.4 Å². The minimum absolute atomic E-state index is 0.119. The first kappa shape index (κ1) is 16.3. The minimum Gasteiger partial charge on any atom is -0.484 e. The molecule has 0 fully saturated rings. The molecule has 4 heterocycles. The van der Waals surface area contributed by atoms with Crippen LogP contribution in [0.4, 0.5) is 0 Å². The highest BCUT2D eigenvalue weighted by molar-refractivity contribution is 5.36. The van der Waals surface area contributed by atoms with Crippen molar-refractivity contribution in [3.63, 3.8) is 0 Å². The molecule has 0 radical (unpaired) electrons. The van der Waals surface area contributed by atoms with Gasteiger partial charge in [-0.1, -0.05) is 24.3 Å². The Hall–Kier alpha value is -2.86. The Morgan fingerprint density at radius 2 is 2.00 bits per heavy atom. The fraction of sp³-hybridized carbons (Fsp3) is 0.333. The summed E-state index contributed by atoms with van der Waals surface area (Å²) in [5.74, 6) is 2.44. The van der Waals surface area contributed by atoms with Crippen LogP contribution in [0.15, 0.2) is 48.8 Å². The van der Waals surface area contributed by atoms with E-state index in [1.807, 2.05) is 18.3 Å². The Bertz CT molecular complexity index is 951. The predicted molar refractivity (Wildman–Crippen MR) is 101 cm³/mol. The normalized spacial score (nSPS) is 18.9. The maximum Gasteiger partial charge on any atom is 0.257 e. The average Bonchev–Trinajstić information content (AvgIpc) is 3.08. The Kier molecular flexibility index (Phi) is 4.05. The van der Waals surface area contributed by atoms with E-state index in [-0.39, 0.29) is 6.10 Å². The van der Waals surface area contributed by atoms with Crippen LogP contribution >= 0.6 is 0 Å². The van der Waals surface area contributed by atoms with E-state index in [0.717, 1.165) is 37.6 Å². The van der Waals surface area contributed by atoms with Gasteiger partial charge in [0, 0.05) is 37.7 Å². The summed E-state index contributed by atoms with van der Waals surface area (Å²) in [4.78, 5) is 11.2. The second-order valence-electron chi connectivity index (χ2n) is 7.14. The minimum atomic E-state index is -0.119. The van der Waals surface area contributed by atoms with Gasteiger partial charge in [-0.05, 0) is 30.2 Å². The van der Waals surface area contributed by atoms with Gasteiger partial charge in [0.15, 0.2) is 11.9 Å². The van der Waals surface area contributed by atoms with Gasteiger partial charge in [0.25, 0.3) is 5.88 Å². The predicted octanol–water partition coefficient (Wildman–Crippen LogP) is 3.11. The lowest BCUT2D eigenvalue weighted by atomic mass is 10.1. The van der Waals surface area contributed by atoms with Crippen LogP contribution < -0.4 is 9.47 Å². The number of ether oxygens (including phenoxy) is 2. The molecule has 0 N–H and O–H groups in total. The highest BCUT2D eigenvalue weighted by Gasteiger charge is 2.23. The molecular formula is C21H22N4O2. The number of hydrogen-bond acceptors (Lipinski definition) is 5. The quantitative estimate of drug-likeness (QED) is 0.717. The number of hydrogen-bond donors (Lipinski definition) is 0. The molecule has 1 aromatic carbocycles. The molecule has 6 nitrogen and oxygen atoms in total. The number of rotatable bonds is 3. The molecule has 3 aromatic rings.